The lowest BCUT2D eigenvalue weighted by atomic mass is 9.87. The van der Waals surface area contributed by atoms with Gasteiger partial charge in [-0.2, -0.15) is 0 Å². The van der Waals surface area contributed by atoms with Crippen molar-refractivity contribution in [3.8, 4) is 0 Å². The van der Waals surface area contributed by atoms with Crippen LogP contribution in [0.1, 0.15) is 38.7 Å². The van der Waals surface area contributed by atoms with Crippen LogP contribution in [-0.2, 0) is 11.2 Å². The van der Waals surface area contributed by atoms with Crippen LogP contribution in [-0.4, -0.2) is 11.1 Å². The molecule has 0 saturated carbocycles. The Kier molecular flexibility index (Phi) is 6.20. The number of benzene rings is 1. The van der Waals surface area contributed by atoms with Crippen LogP contribution in [0, 0.1) is 11.8 Å². The van der Waals surface area contributed by atoms with Gasteiger partial charge in [0.1, 0.15) is 0 Å². The summed E-state index contributed by atoms with van der Waals surface area (Å²) in [5, 5.41) is 9.98. The molecule has 0 aromatic heterocycles. The van der Waals surface area contributed by atoms with E-state index in [1.807, 2.05) is 24.3 Å². The number of carboxylic acid groups (broad SMARTS) is 1. The number of aliphatic carboxylic acids is 1. The highest BCUT2D eigenvalue weighted by Crippen LogP contribution is 2.25. The molecule has 1 rings (SSSR count). The molecule has 1 atom stereocenters. The first-order valence-corrected chi connectivity index (χ1v) is 6.92. The highest BCUT2D eigenvalue weighted by Gasteiger charge is 2.22. The summed E-state index contributed by atoms with van der Waals surface area (Å²) in [6.45, 7) is 4.23. The van der Waals surface area contributed by atoms with E-state index in [0.717, 1.165) is 24.8 Å². The summed E-state index contributed by atoms with van der Waals surface area (Å²) in [7, 11) is 0. The van der Waals surface area contributed by atoms with Crippen LogP contribution >= 0.6 is 11.6 Å². The first-order chi connectivity index (χ1) is 8.58. The van der Waals surface area contributed by atoms with E-state index in [4.69, 9.17) is 11.6 Å². The first kappa shape index (κ1) is 15.0. The van der Waals surface area contributed by atoms with Crippen LogP contribution in [0.2, 0.25) is 5.02 Å². The zero-order valence-electron chi connectivity index (χ0n) is 11.0. The number of carboxylic acids is 1. The number of hydrogen-bond acceptors (Lipinski definition) is 1. The molecule has 0 saturated heterocycles. The molecular formula is C15H21ClO2. The van der Waals surface area contributed by atoms with Crippen molar-refractivity contribution in [2.24, 2.45) is 11.8 Å². The maximum absolute atomic E-state index is 11.3. The van der Waals surface area contributed by atoms with E-state index in [1.54, 1.807) is 0 Å². The summed E-state index contributed by atoms with van der Waals surface area (Å²) in [6.07, 6.45) is 3.31. The second-order valence-corrected chi connectivity index (χ2v) is 5.16. The molecule has 100 valence electrons. The Hall–Kier alpha value is -1.02. The average Bonchev–Trinajstić information content (AvgIpc) is 2.36. The van der Waals surface area contributed by atoms with Crippen molar-refractivity contribution in [2.75, 3.05) is 0 Å². The average molecular weight is 269 g/mol. The second kappa shape index (κ2) is 7.42. The molecule has 3 heteroatoms. The highest BCUT2D eigenvalue weighted by atomic mass is 35.5. The molecule has 0 aliphatic carbocycles. The minimum Gasteiger partial charge on any atom is -0.481 e. The molecule has 0 radical (unpaired) electrons. The predicted molar refractivity (Wildman–Crippen MR) is 75.0 cm³/mol. The van der Waals surface area contributed by atoms with Crippen LogP contribution in [0.3, 0.4) is 0 Å². The van der Waals surface area contributed by atoms with Crippen LogP contribution in [0.4, 0.5) is 0 Å². The molecule has 1 N–H and O–H groups in total. The van der Waals surface area contributed by atoms with Gasteiger partial charge in [-0.1, -0.05) is 56.5 Å². The Morgan fingerprint density at radius 2 is 1.89 bits per heavy atom. The zero-order valence-corrected chi connectivity index (χ0v) is 11.8. The van der Waals surface area contributed by atoms with Gasteiger partial charge in [0.25, 0.3) is 0 Å². The molecule has 0 heterocycles. The molecule has 18 heavy (non-hydrogen) atoms. The first-order valence-electron chi connectivity index (χ1n) is 6.54. The van der Waals surface area contributed by atoms with E-state index >= 15 is 0 Å². The van der Waals surface area contributed by atoms with Crippen LogP contribution < -0.4 is 0 Å². The van der Waals surface area contributed by atoms with Gasteiger partial charge in [0.15, 0.2) is 0 Å². The maximum atomic E-state index is 11.3. The van der Waals surface area contributed by atoms with Crippen molar-refractivity contribution in [3.05, 3.63) is 34.9 Å². The van der Waals surface area contributed by atoms with E-state index in [1.165, 1.54) is 0 Å². The second-order valence-electron chi connectivity index (χ2n) is 4.75. The molecule has 0 spiro atoms. The number of carbonyl (C=O) groups is 1. The smallest absolute Gasteiger partial charge is 0.306 e. The summed E-state index contributed by atoms with van der Waals surface area (Å²) in [4.78, 5) is 11.3. The van der Waals surface area contributed by atoms with Gasteiger partial charge >= 0.3 is 5.97 Å². The van der Waals surface area contributed by atoms with Gasteiger partial charge in [0.2, 0.25) is 0 Å². The fraction of sp³-hybridized carbons (Fsp3) is 0.533. The van der Waals surface area contributed by atoms with E-state index < -0.39 is 5.97 Å². The third-order valence-electron chi connectivity index (χ3n) is 3.55. The quantitative estimate of drug-likeness (QED) is 0.795. The largest absolute Gasteiger partial charge is 0.481 e. The Labute approximate surface area is 114 Å². The fourth-order valence-electron chi connectivity index (χ4n) is 2.23. The lowest BCUT2D eigenvalue weighted by Crippen LogP contribution is -2.20. The predicted octanol–water partition coefficient (Wildman–Crippen LogP) is 4.41. The summed E-state index contributed by atoms with van der Waals surface area (Å²) < 4.78 is 0. The number of hydrogen-bond donors (Lipinski definition) is 1. The minimum atomic E-state index is -0.721. The molecule has 2 nitrogen and oxygen atoms in total. The standard InChI is InChI=1S/C15H21ClO2/c1-3-11(4-2)9-13(15(17)18)10-12-7-5-6-8-14(12)16/h5-8,11,13H,3-4,9-10H2,1-2H3,(H,17,18). The number of halogens is 1. The van der Waals surface area contributed by atoms with Gasteiger partial charge in [-0.05, 0) is 30.4 Å². The van der Waals surface area contributed by atoms with Crippen molar-refractivity contribution in [3.63, 3.8) is 0 Å². The summed E-state index contributed by atoms with van der Waals surface area (Å²) >= 11 is 6.08. The van der Waals surface area contributed by atoms with Crippen LogP contribution in [0.25, 0.3) is 0 Å². The highest BCUT2D eigenvalue weighted by molar-refractivity contribution is 6.31. The molecule has 1 aromatic carbocycles. The van der Waals surface area contributed by atoms with Gasteiger partial charge in [0.05, 0.1) is 5.92 Å². The monoisotopic (exact) mass is 268 g/mol. The fourth-order valence-corrected chi connectivity index (χ4v) is 2.44. The molecular weight excluding hydrogens is 248 g/mol. The van der Waals surface area contributed by atoms with Gasteiger partial charge in [-0.3, -0.25) is 4.79 Å². The molecule has 0 aliphatic rings. The molecule has 0 amide bonds. The van der Waals surface area contributed by atoms with Crippen molar-refractivity contribution < 1.29 is 9.90 Å². The van der Waals surface area contributed by atoms with E-state index in [-0.39, 0.29) is 5.92 Å². The molecule has 1 unspecified atom stereocenters. The SMILES string of the molecule is CCC(CC)CC(Cc1ccccc1Cl)C(=O)O. The maximum Gasteiger partial charge on any atom is 0.306 e. The van der Waals surface area contributed by atoms with Crippen molar-refractivity contribution in [1.82, 2.24) is 0 Å². The normalized spacial score (nSPS) is 12.7. The Morgan fingerprint density at radius 3 is 2.39 bits per heavy atom. The van der Waals surface area contributed by atoms with E-state index in [0.29, 0.717) is 17.4 Å². The van der Waals surface area contributed by atoms with Gasteiger partial charge in [-0.15, -0.1) is 0 Å². The zero-order chi connectivity index (χ0) is 13.5. The lowest BCUT2D eigenvalue weighted by Gasteiger charge is -2.19. The topological polar surface area (TPSA) is 37.3 Å². The van der Waals surface area contributed by atoms with E-state index in [9.17, 15) is 9.90 Å². The minimum absolute atomic E-state index is 0.338. The summed E-state index contributed by atoms with van der Waals surface area (Å²) in [5.41, 5.74) is 0.928. The van der Waals surface area contributed by atoms with Crippen LogP contribution in [0.15, 0.2) is 24.3 Å². The third-order valence-corrected chi connectivity index (χ3v) is 3.91. The Balaban J connectivity index is 2.75. The molecule has 1 aromatic rings. The molecule has 0 fully saturated rings. The summed E-state index contributed by atoms with van der Waals surface area (Å²) in [6, 6.07) is 7.48. The van der Waals surface area contributed by atoms with Crippen molar-refractivity contribution >= 4 is 17.6 Å². The van der Waals surface area contributed by atoms with Crippen LogP contribution in [0.5, 0.6) is 0 Å². The van der Waals surface area contributed by atoms with Gasteiger partial charge < -0.3 is 5.11 Å². The Morgan fingerprint density at radius 1 is 1.28 bits per heavy atom. The van der Waals surface area contributed by atoms with Crippen molar-refractivity contribution in [2.45, 2.75) is 39.5 Å². The molecule has 0 aliphatic heterocycles. The van der Waals surface area contributed by atoms with Gasteiger partial charge in [-0.25, -0.2) is 0 Å². The third kappa shape index (κ3) is 4.34. The number of rotatable bonds is 7. The van der Waals surface area contributed by atoms with E-state index in [2.05, 4.69) is 13.8 Å². The lowest BCUT2D eigenvalue weighted by molar-refractivity contribution is -0.142. The van der Waals surface area contributed by atoms with Gasteiger partial charge in [0, 0.05) is 5.02 Å². The summed E-state index contributed by atoms with van der Waals surface area (Å²) in [5.74, 6) is -0.579. The van der Waals surface area contributed by atoms with Crippen molar-refractivity contribution in [1.29, 1.82) is 0 Å². The molecule has 0 bridgehead atoms. The Bertz CT molecular complexity index is 386.